The van der Waals surface area contributed by atoms with Crippen LogP contribution in [0.2, 0.25) is 0 Å². The second-order valence-corrected chi connectivity index (χ2v) is 41.8. The molecule has 0 aliphatic rings. The minimum atomic E-state index is -4.89. The van der Waals surface area contributed by atoms with Gasteiger partial charge in [0.15, 0.2) is 23.8 Å². The third kappa shape index (κ3) is 110. The van der Waals surface area contributed by atoms with Crippen LogP contribution in [-0.4, -0.2) is 292 Å². The smallest absolute Gasteiger partial charge is 0.400 e. The summed E-state index contributed by atoms with van der Waals surface area (Å²) in [4.78, 5) is 66.0. The first-order chi connectivity index (χ1) is 71.2. The number of aliphatic hydroxyl groups is 2. The van der Waals surface area contributed by atoms with E-state index in [9.17, 15) is 46.4 Å². The van der Waals surface area contributed by atoms with Crippen LogP contribution in [0.15, 0.2) is 15.0 Å². The fourth-order valence-corrected chi connectivity index (χ4v) is 17.8. The van der Waals surface area contributed by atoms with Gasteiger partial charge < -0.3 is 134 Å². The molecule has 149 heavy (non-hydrogen) atoms. The molecule has 4 amide bonds. The maximum Gasteiger partial charge on any atom is 0.474 e. The number of amides is 4. The number of carbonyl (C=O) groups is 4. The van der Waals surface area contributed by atoms with Crippen molar-refractivity contribution in [3.05, 3.63) is 0 Å². The monoisotopic (exact) mass is 2240 g/mol. The van der Waals surface area contributed by atoms with Gasteiger partial charge in [-0.25, -0.2) is 13.8 Å². The Bertz CT molecular complexity index is 3450. The number of nitrogens with one attached hydrogen (secondary N) is 6. The number of ether oxygens (including phenoxy) is 9. The standard InChI is InChI=1S/C42H81N4O12P.C35H76N9O9P.C16H29F3N3O3P.C5H13N3.CH4O.8H2/c1-6-40(20-13-7-10-16-24-44-37(2)47)30-52-35-53-31-41(21-14-8-11-17-25-45-38(3)48)32-54-36-55-33-42(22-15-9-12-18-26-46-39(4)49)34-58-59(50,56-27-19-23-43)57-29-28-51-5;1-2-30(15-9-3-6-12-18-42-33(36)37)23-48-28-49-24-31(16-10-4-7-13-19-43-34(38)39)25-50-29-51-26-32(27-53-54(46,47)52-22-21-45)17-11-5-8-14-20-44-35(40)41;1-6-14(10-21-15(23)16(17,18)19)11-25-26(24-9-7-8-20)22(12(2)3)13(4)5;1-4(2)3-8-5(6)7;1-2;;;;;;;;/h40-42H,6-22,24-36H2,1-5H3,(H,44,47)(H,45,48)(H,46,49);30-32,45H,2-29H2,1H3,(H,46,47)(H4,36,37,42)(H4,38,39,43)(H4,40,41,44);12-14H,6-7,9-11H2,1-5H3,(H,21,23);4H,3H2,1-2H3,(H4,6,7,8);2H,1H3;8*1H/i;;;;;8*1+2. The lowest BCUT2D eigenvalue weighted by Crippen LogP contribution is -2.40. The number of alkyl halides is 3. The molecule has 0 fully saturated rings. The van der Waals surface area contributed by atoms with Gasteiger partial charge in [0.1, 0.15) is 27.2 Å². The van der Waals surface area contributed by atoms with Crippen molar-refractivity contribution in [1.82, 2.24) is 31.3 Å². The number of nitriles is 2. The number of phosphoric acid groups is 2. The molecule has 0 aliphatic carbocycles. The van der Waals surface area contributed by atoms with Crippen molar-refractivity contribution in [2.75, 3.05) is 206 Å². The molecule has 0 aromatic heterocycles. The highest BCUT2D eigenvalue weighted by atomic mass is 31.2. The Hall–Kier alpha value is -6.18. The third-order valence-corrected chi connectivity index (χ3v) is 26.8. The summed E-state index contributed by atoms with van der Waals surface area (Å²) in [5, 5.41) is 54.0. The fourth-order valence-electron chi connectivity index (χ4n) is 14.1. The second-order valence-electron chi connectivity index (χ2n) is 37.2. The largest absolute Gasteiger partial charge is 0.474 e. The summed E-state index contributed by atoms with van der Waals surface area (Å²) < 4.78 is 155. The van der Waals surface area contributed by atoms with Gasteiger partial charge in [0.2, 0.25) is 17.7 Å². The van der Waals surface area contributed by atoms with Gasteiger partial charge in [-0.15, -0.1) is 0 Å². The number of carbonyl (C=O) groups excluding carboxylic acids is 4. The number of aliphatic hydroxyl groups excluding tert-OH is 2. The molecule has 0 aromatic rings. The average Bonchev–Trinajstić information content (AvgIpc) is 0.867. The van der Waals surface area contributed by atoms with Crippen LogP contribution in [0.5, 0.6) is 0 Å². The lowest BCUT2D eigenvalue weighted by molar-refractivity contribution is -0.173. The van der Waals surface area contributed by atoms with E-state index in [2.05, 4.69) is 63.9 Å². The fraction of sp³-hybridized carbons (Fsp3) is 0.899. The van der Waals surface area contributed by atoms with Gasteiger partial charge in [0.05, 0.1) is 137 Å². The summed E-state index contributed by atoms with van der Waals surface area (Å²) in [6, 6.07) is 4.23. The molecule has 0 radical (unpaired) electrons. The van der Waals surface area contributed by atoms with E-state index in [1.54, 1.807) is 6.92 Å². The minimum absolute atomic E-state index is 0. The van der Waals surface area contributed by atoms with Crippen LogP contribution < -0.4 is 66.7 Å². The molecule has 10 unspecified atom stereocenters. The number of hydrogen-bond acceptors (Lipinski definition) is 31. The first-order valence-corrected chi connectivity index (χ1v) is 57.5. The zero-order valence-corrected chi connectivity index (χ0v) is 95.7. The van der Waals surface area contributed by atoms with E-state index < -0.39 is 36.3 Å². The molecule has 44 nitrogen and oxygen atoms in total. The Labute approximate surface area is 904 Å². The average molecular weight is 2240 g/mol. The van der Waals surface area contributed by atoms with Gasteiger partial charge in [-0.2, -0.15) is 23.7 Å². The molecule has 23 N–H and O–H groups in total. The molecule has 0 heterocycles. The van der Waals surface area contributed by atoms with Crippen LogP contribution in [0.25, 0.3) is 0 Å². The number of aliphatic imine (C=N–C) groups is 3. The maximum atomic E-state index is 13.3. The highest BCUT2D eigenvalue weighted by molar-refractivity contribution is 7.48. The molecule has 50 heteroatoms. The SMILES string of the molecule is CC(C)CN=C(N)N.CCC(CCCCCCN=C(N)N)COCOCC(CCCCCCNC(=N)N)COCOCC(CCCCCCN=C(N)N)COP(=O)(O)OCCO.CCC(CCCCCCNC(C)=O)COCOCC(CCCCCCNC(C)=O)COCOCC(CCCCCCNC(C)=O)COP(=O)(OCCC#N)OCCOC.CCC(CNC(=O)C(F)(F)F)COP(OCCC#N)N(C(C)C)C(C)C.CO.[3HH].[3HH].[3HH].[3HH].[3HH].[3HH].[3HH].[3HH]. The molecular formula is C99H219F3N19O25P3. The van der Waals surface area contributed by atoms with Gasteiger partial charge in [0.25, 0.3) is 8.53 Å². The number of halogens is 3. The number of methoxy groups -OCH3 is 1. The number of unbranched alkanes of at least 4 members (excludes halogenated alkanes) is 18. The van der Waals surface area contributed by atoms with E-state index in [0.29, 0.717) is 110 Å². The van der Waals surface area contributed by atoms with Crippen molar-refractivity contribution in [3.8, 4) is 12.1 Å². The van der Waals surface area contributed by atoms with Crippen molar-refractivity contribution < 1.29 is 142 Å². The highest BCUT2D eigenvalue weighted by Gasteiger charge is 2.39. The van der Waals surface area contributed by atoms with E-state index >= 15 is 0 Å². The highest BCUT2D eigenvalue weighted by Crippen LogP contribution is 2.50. The number of guanidine groups is 4. The maximum absolute atomic E-state index is 13.3. The number of phosphoric ester groups is 2. The first kappa shape index (κ1) is 151. The van der Waals surface area contributed by atoms with Crippen molar-refractivity contribution in [2.24, 2.45) is 102 Å². The van der Waals surface area contributed by atoms with Gasteiger partial charge >= 0.3 is 27.7 Å². The summed E-state index contributed by atoms with van der Waals surface area (Å²) in [6.07, 6.45) is 27.7. The molecule has 0 bridgehead atoms. The Kier molecular flexibility index (Phi) is 109. The Morgan fingerprint density at radius 3 is 1.07 bits per heavy atom. The third-order valence-electron chi connectivity index (χ3n) is 22.3. The Morgan fingerprint density at radius 2 is 0.752 bits per heavy atom. The molecule has 0 saturated heterocycles. The van der Waals surface area contributed by atoms with E-state index in [1.807, 2.05) is 56.7 Å². The van der Waals surface area contributed by atoms with Gasteiger partial charge in [-0.3, -0.25) is 62.2 Å². The van der Waals surface area contributed by atoms with Gasteiger partial charge in [0, 0.05) is 135 Å². The normalized spacial score (nSPS) is 13.7. The van der Waals surface area contributed by atoms with Crippen molar-refractivity contribution in [2.45, 2.75) is 326 Å². The van der Waals surface area contributed by atoms with Crippen LogP contribution in [-0.2, 0) is 103 Å². The summed E-state index contributed by atoms with van der Waals surface area (Å²) in [7, 11) is -7.16. The Morgan fingerprint density at radius 1 is 0.423 bits per heavy atom. The molecule has 10 atom stereocenters. The number of nitrogens with two attached hydrogens (primary N) is 7. The minimum Gasteiger partial charge on any atom is -0.400 e. The van der Waals surface area contributed by atoms with Crippen molar-refractivity contribution >= 4 is 71.6 Å². The number of hydrogen-bond donors (Lipinski definition) is 16. The topological polar surface area (TPSA) is 665 Å². The lowest BCUT2D eigenvalue weighted by Gasteiger charge is -2.36. The number of rotatable bonds is 98. The van der Waals surface area contributed by atoms with Crippen LogP contribution >= 0.6 is 24.2 Å². The summed E-state index contributed by atoms with van der Waals surface area (Å²) in [5.74, 6) is -0.322. The van der Waals surface area contributed by atoms with E-state index in [1.165, 1.54) is 21.0 Å². The first-order valence-electron chi connectivity index (χ1n) is 53.4. The van der Waals surface area contributed by atoms with Crippen LogP contribution in [0.4, 0.5) is 13.2 Å². The van der Waals surface area contributed by atoms with E-state index in [4.69, 9.17) is 141 Å². The quantitative estimate of drug-likeness (QED) is 0.00884. The molecule has 0 spiro atoms. The number of nitrogens with zero attached hydrogens (tertiary/aromatic N) is 6. The molecular weight excluding hydrogens is 2010 g/mol. The summed E-state index contributed by atoms with van der Waals surface area (Å²) >= 11 is 0. The molecule has 0 rings (SSSR count). The zero-order chi connectivity index (χ0) is 113. The summed E-state index contributed by atoms with van der Waals surface area (Å²) in [5.41, 5.74) is 37.0. The second kappa shape index (κ2) is 107. The molecule has 0 saturated carbocycles. The van der Waals surface area contributed by atoms with Crippen LogP contribution in [0, 0.1) is 75.4 Å². The van der Waals surface area contributed by atoms with Gasteiger partial charge in [-0.1, -0.05) is 163 Å². The summed E-state index contributed by atoms with van der Waals surface area (Å²) in [6.45, 7) is 31.7. The van der Waals surface area contributed by atoms with Gasteiger partial charge in [-0.05, 0) is 135 Å². The predicted octanol–water partition coefficient (Wildman–Crippen LogP) is 15.9. The Balaban J connectivity index is -0.000000177. The van der Waals surface area contributed by atoms with Crippen molar-refractivity contribution in [3.63, 3.8) is 0 Å². The van der Waals surface area contributed by atoms with Crippen molar-refractivity contribution in [1.29, 1.82) is 15.9 Å². The molecule has 0 aromatic carbocycles. The van der Waals surface area contributed by atoms with Crippen LogP contribution in [0.1, 0.15) is 319 Å². The zero-order valence-electron chi connectivity index (χ0n) is 93.1. The predicted molar refractivity (Wildman–Crippen MR) is 595 cm³/mol. The molecule has 0 aliphatic heterocycles. The van der Waals surface area contributed by atoms with E-state index in [-0.39, 0.29) is 207 Å². The lowest BCUT2D eigenvalue weighted by atomic mass is 9.99. The molecule has 896 valence electrons. The van der Waals surface area contributed by atoms with Crippen LogP contribution in [0.3, 0.4) is 0 Å². The van der Waals surface area contributed by atoms with E-state index in [0.717, 1.165) is 219 Å².